The molecule has 0 amide bonds. The SMILES string of the molecule is [CH2]CCCCCC=CC=CCCCCCCCC. The molecule has 0 rings (SSSR count). The zero-order valence-corrected chi connectivity index (χ0v) is 12.5. The average molecular weight is 249 g/mol. The second-order valence-corrected chi connectivity index (χ2v) is 5.12. The molecule has 0 saturated heterocycles. The lowest BCUT2D eigenvalue weighted by Gasteiger charge is -1.97. The van der Waals surface area contributed by atoms with Crippen molar-refractivity contribution in [2.45, 2.75) is 84.0 Å². The maximum atomic E-state index is 3.86. The van der Waals surface area contributed by atoms with Crippen LogP contribution in [0.3, 0.4) is 0 Å². The van der Waals surface area contributed by atoms with Gasteiger partial charge in [0.1, 0.15) is 0 Å². The molecule has 0 atom stereocenters. The van der Waals surface area contributed by atoms with Crippen molar-refractivity contribution in [3.05, 3.63) is 31.2 Å². The Hall–Kier alpha value is -0.520. The second-order valence-electron chi connectivity index (χ2n) is 5.12. The molecule has 0 aliphatic heterocycles. The van der Waals surface area contributed by atoms with Crippen LogP contribution in [0, 0.1) is 6.92 Å². The summed E-state index contributed by atoms with van der Waals surface area (Å²) in [5, 5.41) is 0. The third-order valence-corrected chi connectivity index (χ3v) is 3.23. The van der Waals surface area contributed by atoms with Crippen molar-refractivity contribution < 1.29 is 0 Å². The summed E-state index contributed by atoms with van der Waals surface area (Å²) in [4.78, 5) is 0. The van der Waals surface area contributed by atoms with Crippen molar-refractivity contribution in [2.24, 2.45) is 0 Å². The Bertz CT molecular complexity index is 188. The Labute approximate surface area is 116 Å². The first-order chi connectivity index (χ1) is 8.91. The third kappa shape index (κ3) is 15.5. The number of rotatable bonds is 13. The van der Waals surface area contributed by atoms with Crippen LogP contribution in [0.2, 0.25) is 0 Å². The molecule has 0 N–H and O–H groups in total. The molecule has 0 aliphatic carbocycles. The van der Waals surface area contributed by atoms with Gasteiger partial charge in [0.05, 0.1) is 0 Å². The van der Waals surface area contributed by atoms with Crippen LogP contribution >= 0.6 is 0 Å². The molecule has 1 radical (unpaired) electrons. The predicted octanol–water partition coefficient (Wildman–Crippen LogP) is 6.63. The molecule has 0 aromatic carbocycles. The number of hydrogen-bond donors (Lipinski definition) is 0. The normalized spacial score (nSPS) is 11.9. The molecular formula is C18H33. The van der Waals surface area contributed by atoms with Gasteiger partial charge in [-0.1, -0.05) is 89.5 Å². The first-order valence-electron chi connectivity index (χ1n) is 8.02. The molecule has 0 aromatic heterocycles. The Morgan fingerprint density at radius 3 is 1.72 bits per heavy atom. The molecule has 0 heterocycles. The van der Waals surface area contributed by atoms with Gasteiger partial charge in [0.15, 0.2) is 0 Å². The molecule has 0 heteroatoms. The molecule has 0 saturated carbocycles. The van der Waals surface area contributed by atoms with E-state index in [1.54, 1.807) is 0 Å². The van der Waals surface area contributed by atoms with E-state index in [0.29, 0.717) is 0 Å². The summed E-state index contributed by atoms with van der Waals surface area (Å²) in [5.41, 5.74) is 0. The van der Waals surface area contributed by atoms with E-state index < -0.39 is 0 Å². The van der Waals surface area contributed by atoms with E-state index in [4.69, 9.17) is 0 Å². The highest BCUT2D eigenvalue weighted by Gasteiger charge is 1.87. The Morgan fingerprint density at radius 1 is 0.667 bits per heavy atom. The molecule has 0 bridgehead atoms. The molecule has 0 aliphatic rings. The van der Waals surface area contributed by atoms with Crippen LogP contribution < -0.4 is 0 Å². The van der Waals surface area contributed by atoms with Gasteiger partial charge in [0, 0.05) is 0 Å². The van der Waals surface area contributed by atoms with Crippen LogP contribution in [-0.4, -0.2) is 0 Å². The largest absolute Gasteiger partial charge is 0.0845 e. The molecule has 0 spiro atoms. The highest BCUT2D eigenvalue weighted by molar-refractivity contribution is 5.02. The predicted molar refractivity (Wildman–Crippen MR) is 84.7 cm³/mol. The van der Waals surface area contributed by atoms with E-state index >= 15 is 0 Å². The molecule has 18 heavy (non-hydrogen) atoms. The van der Waals surface area contributed by atoms with Crippen LogP contribution in [0.5, 0.6) is 0 Å². The highest BCUT2D eigenvalue weighted by atomic mass is 13.9. The standard InChI is InChI=1S/C18H33/c1-3-5-7-9-11-13-15-17-18-16-14-12-10-8-6-4-2/h13,15,17-18H,1,3-12,14,16H2,2H3. The highest BCUT2D eigenvalue weighted by Crippen LogP contribution is 2.07. The summed E-state index contributed by atoms with van der Waals surface area (Å²) < 4.78 is 0. The van der Waals surface area contributed by atoms with E-state index in [2.05, 4.69) is 38.2 Å². The Balaban J connectivity index is 3.14. The van der Waals surface area contributed by atoms with Crippen LogP contribution in [0.15, 0.2) is 24.3 Å². The smallest absolute Gasteiger partial charge is 0.0348 e. The minimum absolute atomic E-state index is 1.09. The van der Waals surface area contributed by atoms with Gasteiger partial charge < -0.3 is 0 Å². The summed E-state index contributed by atoms with van der Waals surface area (Å²) in [7, 11) is 0. The maximum Gasteiger partial charge on any atom is -0.0348 e. The van der Waals surface area contributed by atoms with Gasteiger partial charge in [-0.15, -0.1) is 0 Å². The van der Waals surface area contributed by atoms with E-state index in [-0.39, 0.29) is 0 Å². The number of hydrogen-bond acceptors (Lipinski definition) is 0. The lowest BCUT2D eigenvalue weighted by Crippen LogP contribution is -1.77. The van der Waals surface area contributed by atoms with Crippen molar-refractivity contribution in [1.29, 1.82) is 0 Å². The maximum absolute atomic E-state index is 3.86. The molecular weight excluding hydrogens is 216 g/mol. The lowest BCUT2D eigenvalue weighted by atomic mass is 10.1. The van der Waals surface area contributed by atoms with Crippen LogP contribution in [0.25, 0.3) is 0 Å². The van der Waals surface area contributed by atoms with E-state index in [0.717, 1.165) is 6.42 Å². The van der Waals surface area contributed by atoms with Gasteiger partial charge in [-0.3, -0.25) is 0 Å². The van der Waals surface area contributed by atoms with Crippen molar-refractivity contribution >= 4 is 0 Å². The monoisotopic (exact) mass is 249 g/mol. The van der Waals surface area contributed by atoms with Gasteiger partial charge in [0.25, 0.3) is 0 Å². The van der Waals surface area contributed by atoms with Crippen molar-refractivity contribution in [1.82, 2.24) is 0 Å². The second kappa shape index (κ2) is 16.5. The zero-order chi connectivity index (χ0) is 13.3. The van der Waals surface area contributed by atoms with Crippen molar-refractivity contribution in [3.8, 4) is 0 Å². The Kier molecular flexibility index (Phi) is 16.0. The minimum atomic E-state index is 1.09. The third-order valence-electron chi connectivity index (χ3n) is 3.23. The van der Waals surface area contributed by atoms with Gasteiger partial charge in [-0.25, -0.2) is 0 Å². The first kappa shape index (κ1) is 17.5. The molecule has 0 nitrogen and oxygen atoms in total. The fourth-order valence-electron chi connectivity index (χ4n) is 2.01. The summed E-state index contributed by atoms with van der Waals surface area (Å²) in [6.45, 7) is 6.13. The molecule has 0 aromatic rings. The summed E-state index contributed by atoms with van der Waals surface area (Å²) >= 11 is 0. The fourth-order valence-corrected chi connectivity index (χ4v) is 2.01. The molecule has 0 unspecified atom stereocenters. The Morgan fingerprint density at radius 2 is 1.17 bits per heavy atom. The quantitative estimate of drug-likeness (QED) is 0.254. The van der Waals surface area contributed by atoms with Gasteiger partial charge >= 0.3 is 0 Å². The van der Waals surface area contributed by atoms with E-state index in [1.807, 2.05) is 0 Å². The lowest BCUT2D eigenvalue weighted by molar-refractivity contribution is 0.611. The number of unbranched alkanes of at least 4 members (excludes halogenated alkanes) is 10. The van der Waals surface area contributed by atoms with Crippen LogP contribution in [0.1, 0.15) is 84.0 Å². The van der Waals surface area contributed by atoms with E-state index in [1.165, 1.54) is 70.6 Å². The van der Waals surface area contributed by atoms with Gasteiger partial charge in [0.2, 0.25) is 0 Å². The van der Waals surface area contributed by atoms with Gasteiger partial charge in [-0.05, 0) is 25.7 Å². The van der Waals surface area contributed by atoms with E-state index in [9.17, 15) is 0 Å². The van der Waals surface area contributed by atoms with Crippen molar-refractivity contribution in [3.63, 3.8) is 0 Å². The average Bonchev–Trinajstić information content (AvgIpc) is 2.39. The molecule has 0 fully saturated rings. The van der Waals surface area contributed by atoms with Crippen LogP contribution in [0.4, 0.5) is 0 Å². The first-order valence-corrected chi connectivity index (χ1v) is 8.02. The van der Waals surface area contributed by atoms with Crippen LogP contribution in [-0.2, 0) is 0 Å². The topological polar surface area (TPSA) is 0 Å². The minimum Gasteiger partial charge on any atom is -0.0845 e. The summed E-state index contributed by atoms with van der Waals surface area (Å²) in [6, 6.07) is 0. The molecule has 105 valence electrons. The zero-order valence-electron chi connectivity index (χ0n) is 12.5. The van der Waals surface area contributed by atoms with Crippen molar-refractivity contribution in [2.75, 3.05) is 0 Å². The fraction of sp³-hybridized carbons (Fsp3) is 0.722. The summed E-state index contributed by atoms with van der Waals surface area (Å²) in [5.74, 6) is 0. The van der Waals surface area contributed by atoms with Gasteiger partial charge in [-0.2, -0.15) is 0 Å². The summed E-state index contributed by atoms with van der Waals surface area (Å²) in [6.07, 6.45) is 24.9. The number of allylic oxidation sites excluding steroid dienone is 4.